The summed E-state index contributed by atoms with van der Waals surface area (Å²) in [5.74, 6) is 1.92. The third-order valence-corrected chi connectivity index (χ3v) is 13.8. The van der Waals surface area contributed by atoms with Gasteiger partial charge in [0.05, 0.1) is 16.7 Å². The topological polar surface area (TPSA) is 48.5 Å². The van der Waals surface area contributed by atoms with Crippen molar-refractivity contribution in [2.45, 2.75) is 0 Å². The highest BCUT2D eigenvalue weighted by molar-refractivity contribution is 6.07. The predicted octanol–water partition coefficient (Wildman–Crippen LogP) is 16.8. The van der Waals surface area contributed by atoms with Crippen molar-refractivity contribution in [3.8, 4) is 95.5 Å². The Hall–Kier alpha value is -9.45. The molecule has 0 unspecified atom stereocenters. The lowest BCUT2D eigenvalue weighted by molar-refractivity contribution is 0.654. The van der Waals surface area contributed by atoms with Crippen LogP contribution in [0.2, 0.25) is 0 Å². The van der Waals surface area contributed by atoms with E-state index < -0.39 is 0 Å². The molecule has 0 saturated heterocycles. The van der Waals surface area contributed by atoms with E-state index in [1.807, 2.05) is 36.4 Å². The molecule has 0 radical (unpaired) electrons. The van der Waals surface area contributed by atoms with Crippen molar-refractivity contribution >= 4 is 32.6 Å². The van der Waals surface area contributed by atoms with Gasteiger partial charge in [0.25, 0.3) is 0 Å². The molecule has 5 nitrogen and oxygen atoms in total. The van der Waals surface area contributed by atoms with Gasteiger partial charge in [-0.05, 0) is 114 Å². The Labute approximate surface area is 412 Å². The van der Waals surface area contributed by atoms with Gasteiger partial charge in [0, 0.05) is 23.7 Å². The van der Waals surface area contributed by atoms with Gasteiger partial charge in [-0.1, -0.05) is 218 Å². The molecule has 13 aromatic rings. The highest BCUT2D eigenvalue weighted by Crippen LogP contribution is 2.38. The second kappa shape index (κ2) is 17.6. The average molecular weight is 908 g/mol. The number of rotatable bonds is 9. The minimum atomic E-state index is 0.635. The van der Waals surface area contributed by atoms with Gasteiger partial charge in [-0.25, -0.2) is 15.0 Å². The molecule has 2 aromatic heterocycles. The molecule has 0 saturated carbocycles. The van der Waals surface area contributed by atoms with Crippen molar-refractivity contribution in [1.82, 2.24) is 24.3 Å². The fourth-order valence-corrected chi connectivity index (χ4v) is 10.1. The monoisotopic (exact) mass is 907 g/mol. The van der Waals surface area contributed by atoms with Crippen LogP contribution in [0.1, 0.15) is 0 Å². The lowest BCUT2D eigenvalue weighted by atomic mass is 9.91. The molecule has 5 heteroatoms. The zero-order chi connectivity index (χ0) is 47.3. The summed E-state index contributed by atoms with van der Waals surface area (Å²) in [6.07, 6.45) is 0. The van der Waals surface area contributed by atoms with Crippen LogP contribution in [-0.4, -0.2) is 24.3 Å². The van der Waals surface area contributed by atoms with Crippen molar-refractivity contribution in [3.63, 3.8) is 0 Å². The summed E-state index contributed by atoms with van der Waals surface area (Å²) in [4.78, 5) is 15.0. The number of benzene rings is 11. The van der Waals surface area contributed by atoms with Gasteiger partial charge in [-0.2, -0.15) is 0 Å². The third-order valence-electron chi connectivity index (χ3n) is 13.8. The molecule has 13 rings (SSSR count). The molecule has 0 fully saturated rings. The van der Waals surface area contributed by atoms with Crippen LogP contribution in [0.5, 0.6) is 0 Å². The number of hydrogen-bond acceptors (Lipinski definition) is 3. The van der Waals surface area contributed by atoms with Crippen LogP contribution in [0.4, 0.5) is 0 Å². The summed E-state index contributed by atoms with van der Waals surface area (Å²) in [5.41, 5.74) is 18.3. The summed E-state index contributed by atoms with van der Waals surface area (Å²) in [6, 6.07) is 90.7. The first-order valence-corrected chi connectivity index (χ1v) is 24.1. The van der Waals surface area contributed by atoms with Gasteiger partial charge in [-0.3, -0.25) is 9.36 Å². The van der Waals surface area contributed by atoms with Gasteiger partial charge >= 0.3 is 0 Å². The number of aromatic nitrogens is 5. The maximum Gasteiger partial charge on any atom is 0.164 e. The number of para-hydroxylation sites is 1. The zero-order valence-corrected chi connectivity index (χ0v) is 39.0. The van der Waals surface area contributed by atoms with E-state index in [-0.39, 0.29) is 0 Å². The van der Waals surface area contributed by atoms with E-state index in [0.717, 1.165) is 33.4 Å². The van der Waals surface area contributed by atoms with Gasteiger partial charge < -0.3 is 0 Å². The summed E-state index contributed by atoms with van der Waals surface area (Å²) in [7, 11) is 2.12. The van der Waals surface area contributed by atoms with Gasteiger partial charge in [-0.15, -0.1) is 0 Å². The molecule has 334 valence electrons. The summed E-state index contributed by atoms with van der Waals surface area (Å²) >= 11 is 0. The molecular weight excluding hydrogens is 863 g/mol. The fraction of sp³-hybridized carbons (Fsp3) is 0.0152. The molecule has 0 N–H and O–H groups in total. The lowest BCUT2D eigenvalue weighted by Crippen LogP contribution is -2.18. The van der Waals surface area contributed by atoms with E-state index >= 15 is 0 Å². The minimum Gasteiger partial charge on any atom is -0.282 e. The Morgan fingerprint density at radius 1 is 0.268 bits per heavy atom. The highest BCUT2D eigenvalue weighted by Gasteiger charge is 2.16. The van der Waals surface area contributed by atoms with Crippen LogP contribution in [0.15, 0.2) is 255 Å². The van der Waals surface area contributed by atoms with Crippen LogP contribution in [0.25, 0.3) is 128 Å². The normalized spacial score (nSPS) is 11.5. The number of aryl methyl sites for hydroxylation is 1. The Bertz CT molecular complexity index is 4060. The molecule has 71 heavy (non-hydrogen) atoms. The molecule has 11 aromatic carbocycles. The first-order valence-electron chi connectivity index (χ1n) is 24.1. The first kappa shape index (κ1) is 41.7. The summed E-state index contributed by atoms with van der Waals surface area (Å²) in [6.45, 7) is 0. The number of nitrogens with zero attached hydrogens (tertiary/aromatic N) is 5. The minimum absolute atomic E-state index is 0.635. The van der Waals surface area contributed by atoms with Gasteiger partial charge in [0.2, 0.25) is 0 Å². The maximum atomic E-state index is 5.03. The molecule has 0 atom stereocenters. The Kier molecular flexibility index (Phi) is 10.3. The standard InChI is InChI=1S/C66H45N5/c1-70-63-43-54(37-40-62(63)71(70)57-19-9-4-10-20-57)48-25-23-46(24-26-48)52-35-38-58-55(41-52)17-11-21-60(58)61-22-12-18-56-42-53(36-39-59(56)61)47-29-33-51(34-30-47)66-68-64(49-15-7-3-8-16-49)67-65(69-66)50-31-27-45(28-32-50)44-13-5-2-6-14-44/h2-43H,1H3. The molecule has 0 bridgehead atoms. The second-order valence-corrected chi connectivity index (χ2v) is 18.1. The molecule has 0 aliphatic rings. The summed E-state index contributed by atoms with van der Waals surface area (Å²) < 4.78 is 4.46. The van der Waals surface area contributed by atoms with Crippen molar-refractivity contribution < 1.29 is 0 Å². The van der Waals surface area contributed by atoms with E-state index in [0.29, 0.717) is 17.5 Å². The maximum absolute atomic E-state index is 5.03. The smallest absolute Gasteiger partial charge is 0.164 e. The van der Waals surface area contributed by atoms with Crippen LogP contribution >= 0.6 is 0 Å². The van der Waals surface area contributed by atoms with E-state index in [4.69, 9.17) is 15.0 Å². The van der Waals surface area contributed by atoms with Crippen LogP contribution < -0.4 is 0 Å². The molecule has 0 aliphatic heterocycles. The molecule has 0 amide bonds. The Morgan fingerprint density at radius 2 is 0.620 bits per heavy atom. The molecule has 2 heterocycles. The van der Waals surface area contributed by atoms with Gasteiger partial charge in [0.15, 0.2) is 17.5 Å². The predicted molar refractivity (Wildman–Crippen MR) is 294 cm³/mol. The number of hydrogen-bond donors (Lipinski definition) is 0. The molecular formula is C66H45N5. The van der Waals surface area contributed by atoms with Gasteiger partial charge in [0.1, 0.15) is 0 Å². The van der Waals surface area contributed by atoms with Crippen molar-refractivity contribution in [1.29, 1.82) is 0 Å². The average Bonchev–Trinajstić information content (AvgIpc) is 3.45. The second-order valence-electron chi connectivity index (χ2n) is 18.1. The fourth-order valence-electron chi connectivity index (χ4n) is 10.1. The van der Waals surface area contributed by atoms with Crippen LogP contribution in [0, 0.1) is 0 Å². The van der Waals surface area contributed by atoms with E-state index in [1.54, 1.807) is 0 Å². The van der Waals surface area contributed by atoms with Crippen molar-refractivity contribution in [2.75, 3.05) is 0 Å². The zero-order valence-electron chi connectivity index (χ0n) is 39.0. The van der Waals surface area contributed by atoms with Crippen LogP contribution in [-0.2, 0) is 7.05 Å². The quantitative estimate of drug-likeness (QED) is 0.145. The summed E-state index contributed by atoms with van der Waals surface area (Å²) in [5, 5.41) is 4.86. The van der Waals surface area contributed by atoms with E-state index in [1.165, 1.54) is 77.2 Å². The Morgan fingerprint density at radius 3 is 1.10 bits per heavy atom. The largest absolute Gasteiger partial charge is 0.282 e. The van der Waals surface area contributed by atoms with E-state index in [2.05, 4.69) is 235 Å². The first-order chi connectivity index (χ1) is 35.1. The highest BCUT2D eigenvalue weighted by atomic mass is 15.4. The molecule has 0 spiro atoms. The van der Waals surface area contributed by atoms with E-state index in [9.17, 15) is 0 Å². The number of fused-ring (bicyclic) bond motifs is 3. The lowest BCUT2D eigenvalue weighted by Gasteiger charge is -2.24. The molecule has 0 aliphatic carbocycles. The van der Waals surface area contributed by atoms with Crippen LogP contribution in [0.3, 0.4) is 0 Å². The van der Waals surface area contributed by atoms with Crippen molar-refractivity contribution in [3.05, 3.63) is 255 Å². The Balaban J connectivity index is 0.764. The third kappa shape index (κ3) is 7.76. The SMILES string of the molecule is Cn1c2cc(-c3ccc(-c4ccc5c(-c6cccc7cc(-c8ccc(-c9nc(-c%10ccccc%10)nc(-c%10ccc(-c%11ccccc%11)cc%10)n9)cc8)ccc67)cccc5c4)cc3)ccc2n1-c1ccccc1. The van der Waals surface area contributed by atoms with Crippen molar-refractivity contribution in [2.24, 2.45) is 7.05 Å².